The number of aromatic nitrogens is 3. The quantitative estimate of drug-likeness (QED) is 0.809. The zero-order valence-corrected chi connectivity index (χ0v) is 13.4. The van der Waals surface area contributed by atoms with Crippen molar-refractivity contribution in [2.45, 2.75) is 71.6 Å². The first-order valence-corrected chi connectivity index (χ1v) is 8.02. The number of piperidine rings is 1. The molecular weight excluding hydrogens is 266 g/mol. The van der Waals surface area contributed by atoms with Gasteiger partial charge in [0.2, 0.25) is 5.91 Å². The fraction of sp³-hybridized carbons (Fsp3) is 0.800. The molecule has 0 aromatic carbocycles. The Balaban J connectivity index is 1.90. The van der Waals surface area contributed by atoms with E-state index in [4.69, 9.17) is 0 Å². The SMILES string of the molecule is CCCNCc1cn(CC(=O)N2C(C)CCCC2C)nn1. The van der Waals surface area contributed by atoms with Gasteiger partial charge in [-0.1, -0.05) is 12.1 Å². The van der Waals surface area contributed by atoms with Gasteiger partial charge >= 0.3 is 0 Å². The molecule has 2 heterocycles. The van der Waals surface area contributed by atoms with Crippen LogP contribution in [0.2, 0.25) is 0 Å². The third kappa shape index (κ3) is 4.27. The summed E-state index contributed by atoms with van der Waals surface area (Å²) in [5.74, 6) is 0.146. The Kier molecular flexibility index (Phi) is 5.73. The maximum atomic E-state index is 12.5. The molecule has 1 fully saturated rings. The second-order valence-corrected chi connectivity index (χ2v) is 6.01. The van der Waals surface area contributed by atoms with Crippen LogP contribution in [0.25, 0.3) is 0 Å². The fourth-order valence-electron chi connectivity index (χ4n) is 3.02. The lowest BCUT2D eigenvalue weighted by Crippen LogP contribution is -2.48. The van der Waals surface area contributed by atoms with E-state index in [2.05, 4.69) is 36.4 Å². The molecule has 2 unspecified atom stereocenters. The minimum Gasteiger partial charge on any atom is -0.336 e. The molecule has 0 bridgehead atoms. The minimum absolute atomic E-state index is 0.146. The molecule has 6 nitrogen and oxygen atoms in total. The zero-order valence-electron chi connectivity index (χ0n) is 13.4. The molecule has 0 aliphatic carbocycles. The van der Waals surface area contributed by atoms with Gasteiger partial charge in [-0.15, -0.1) is 5.10 Å². The third-order valence-electron chi connectivity index (χ3n) is 4.10. The summed E-state index contributed by atoms with van der Waals surface area (Å²) in [4.78, 5) is 14.5. The smallest absolute Gasteiger partial charge is 0.244 e. The van der Waals surface area contributed by atoms with E-state index in [1.807, 2.05) is 11.1 Å². The van der Waals surface area contributed by atoms with Gasteiger partial charge in [0.25, 0.3) is 0 Å². The van der Waals surface area contributed by atoms with E-state index in [0.29, 0.717) is 18.6 Å². The van der Waals surface area contributed by atoms with E-state index < -0.39 is 0 Å². The number of likely N-dealkylation sites (tertiary alicyclic amines) is 1. The Morgan fingerprint density at radius 2 is 2.10 bits per heavy atom. The Labute approximate surface area is 126 Å². The molecule has 1 aliphatic rings. The van der Waals surface area contributed by atoms with Crippen LogP contribution in [0.15, 0.2) is 6.20 Å². The Morgan fingerprint density at radius 3 is 2.76 bits per heavy atom. The lowest BCUT2D eigenvalue weighted by atomic mass is 9.97. The van der Waals surface area contributed by atoms with E-state index in [9.17, 15) is 4.79 Å². The number of rotatable bonds is 6. The average molecular weight is 293 g/mol. The fourth-order valence-corrected chi connectivity index (χ4v) is 3.02. The molecule has 1 amide bonds. The predicted molar refractivity (Wildman–Crippen MR) is 81.6 cm³/mol. The second-order valence-electron chi connectivity index (χ2n) is 6.01. The van der Waals surface area contributed by atoms with Gasteiger partial charge in [0.05, 0.1) is 11.9 Å². The highest BCUT2D eigenvalue weighted by molar-refractivity contribution is 5.76. The second kappa shape index (κ2) is 7.54. The summed E-state index contributed by atoms with van der Waals surface area (Å²) in [6.07, 6.45) is 6.36. The van der Waals surface area contributed by atoms with E-state index in [1.165, 1.54) is 6.42 Å². The topological polar surface area (TPSA) is 63.1 Å². The summed E-state index contributed by atoms with van der Waals surface area (Å²) in [6.45, 7) is 8.36. The number of nitrogens with one attached hydrogen (secondary N) is 1. The van der Waals surface area contributed by atoms with Crippen LogP contribution in [0.1, 0.15) is 52.1 Å². The molecule has 1 saturated heterocycles. The zero-order chi connectivity index (χ0) is 15.2. The third-order valence-corrected chi connectivity index (χ3v) is 4.10. The summed E-state index contributed by atoms with van der Waals surface area (Å²) < 4.78 is 1.65. The summed E-state index contributed by atoms with van der Waals surface area (Å²) in [7, 11) is 0. The number of hydrogen-bond acceptors (Lipinski definition) is 4. The molecule has 1 aromatic heterocycles. The highest BCUT2D eigenvalue weighted by Gasteiger charge is 2.28. The lowest BCUT2D eigenvalue weighted by Gasteiger charge is -2.39. The van der Waals surface area contributed by atoms with Crippen molar-refractivity contribution in [1.29, 1.82) is 0 Å². The van der Waals surface area contributed by atoms with Gasteiger partial charge in [0.15, 0.2) is 0 Å². The van der Waals surface area contributed by atoms with E-state index >= 15 is 0 Å². The normalized spacial score (nSPS) is 22.5. The van der Waals surface area contributed by atoms with Crippen molar-refractivity contribution in [2.75, 3.05) is 6.54 Å². The lowest BCUT2D eigenvalue weighted by molar-refractivity contribution is -0.138. The molecular formula is C15H27N5O. The van der Waals surface area contributed by atoms with Crippen LogP contribution in [0.3, 0.4) is 0 Å². The molecule has 1 aromatic rings. The van der Waals surface area contributed by atoms with Crippen LogP contribution in [0.5, 0.6) is 0 Å². The number of amides is 1. The Hall–Kier alpha value is -1.43. The van der Waals surface area contributed by atoms with Gasteiger partial charge in [-0.05, 0) is 46.1 Å². The van der Waals surface area contributed by atoms with E-state index in [1.54, 1.807) is 4.68 Å². The van der Waals surface area contributed by atoms with Crippen LogP contribution in [0.4, 0.5) is 0 Å². The van der Waals surface area contributed by atoms with Crippen molar-refractivity contribution in [3.05, 3.63) is 11.9 Å². The van der Waals surface area contributed by atoms with E-state index in [0.717, 1.165) is 31.5 Å². The first kappa shape index (κ1) is 15.9. The molecule has 21 heavy (non-hydrogen) atoms. The molecule has 2 rings (SSSR count). The molecule has 2 atom stereocenters. The minimum atomic E-state index is 0.146. The summed E-state index contributed by atoms with van der Waals surface area (Å²) in [6, 6.07) is 0.658. The number of carbonyl (C=O) groups excluding carboxylic acids is 1. The van der Waals surface area contributed by atoms with Gasteiger partial charge < -0.3 is 10.2 Å². The van der Waals surface area contributed by atoms with Crippen molar-refractivity contribution < 1.29 is 4.79 Å². The van der Waals surface area contributed by atoms with Crippen molar-refractivity contribution in [1.82, 2.24) is 25.2 Å². The first-order valence-electron chi connectivity index (χ1n) is 8.02. The predicted octanol–water partition coefficient (Wildman–Crippen LogP) is 1.57. The standard InChI is InChI=1S/C15H27N5O/c1-4-8-16-9-14-10-19(18-17-14)11-15(21)20-12(2)6-5-7-13(20)3/h10,12-13,16H,4-9,11H2,1-3H3. The van der Waals surface area contributed by atoms with Gasteiger partial charge in [0.1, 0.15) is 6.54 Å². The molecule has 0 spiro atoms. The number of nitrogens with zero attached hydrogens (tertiary/aromatic N) is 4. The molecule has 0 radical (unpaired) electrons. The van der Waals surface area contributed by atoms with Gasteiger partial charge in [0, 0.05) is 18.6 Å². The van der Waals surface area contributed by atoms with Crippen LogP contribution in [-0.2, 0) is 17.9 Å². The largest absolute Gasteiger partial charge is 0.336 e. The molecule has 0 saturated carbocycles. The van der Waals surface area contributed by atoms with Crippen molar-refractivity contribution in [3.63, 3.8) is 0 Å². The van der Waals surface area contributed by atoms with Gasteiger partial charge in [-0.25, -0.2) is 4.68 Å². The van der Waals surface area contributed by atoms with Crippen molar-refractivity contribution in [3.8, 4) is 0 Å². The average Bonchev–Trinajstić information content (AvgIpc) is 2.86. The summed E-state index contributed by atoms with van der Waals surface area (Å²) in [5.41, 5.74) is 0.885. The van der Waals surface area contributed by atoms with Crippen molar-refractivity contribution in [2.24, 2.45) is 0 Å². The molecule has 1 N–H and O–H groups in total. The maximum absolute atomic E-state index is 12.5. The molecule has 6 heteroatoms. The Bertz CT molecular complexity index is 449. The number of carbonyl (C=O) groups is 1. The summed E-state index contributed by atoms with van der Waals surface area (Å²) >= 11 is 0. The van der Waals surface area contributed by atoms with Crippen LogP contribution < -0.4 is 5.32 Å². The van der Waals surface area contributed by atoms with Crippen LogP contribution >= 0.6 is 0 Å². The number of hydrogen-bond donors (Lipinski definition) is 1. The molecule has 1 aliphatic heterocycles. The first-order chi connectivity index (χ1) is 10.1. The van der Waals surface area contributed by atoms with E-state index in [-0.39, 0.29) is 12.5 Å². The molecule has 118 valence electrons. The van der Waals surface area contributed by atoms with Crippen LogP contribution in [-0.4, -0.2) is 44.4 Å². The summed E-state index contributed by atoms with van der Waals surface area (Å²) in [5, 5.41) is 11.4. The highest BCUT2D eigenvalue weighted by atomic mass is 16.2. The van der Waals surface area contributed by atoms with Crippen molar-refractivity contribution >= 4 is 5.91 Å². The Morgan fingerprint density at radius 1 is 1.38 bits per heavy atom. The maximum Gasteiger partial charge on any atom is 0.244 e. The van der Waals surface area contributed by atoms with Gasteiger partial charge in [-0.3, -0.25) is 4.79 Å². The highest BCUT2D eigenvalue weighted by Crippen LogP contribution is 2.22. The van der Waals surface area contributed by atoms with Gasteiger partial charge in [-0.2, -0.15) is 0 Å². The monoisotopic (exact) mass is 293 g/mol. The van der Waals surface area contributed by atoms with Crippen LogP contribution in [0, 0.1) is 0 Å².